The number of phenols is 1. The van der Waals surface area contributed by atoms with Crippen LogP contribution in [0.15, 0.2) is 48.0 Å². The largest absolute Gasteiger partial charge is 0.504 e. The predicted molar refractivity (Wildman–Crippen MR) is 104 cm³/mol. The van der Waals surface area contributed by atoms with Gasteiger partial charge in [-0.05, 0) is 58.9 Å². The summed E-state index contributed by atoms with van der Waals surface area (Å²) in [5.41, 5.74) is 1.53. The highest BCUT2D eigenvalue weighted by atomic mass is 127. The van der Waals surface area contributed by atoms with Gasteiger partial charge in [-0.3, -0.25) is 4.79 Å². The van der Waals surface area contributed by atoms with Crippen molar-refractivity contribution in [2.45, 2.75) is 13.0 Å². The number of nitrogens with zero attached hydrogens (tertiary/aromatic N) is 1. The molecule has 128 valence electrons. The molecule has 25 heavy (non-hydrogen) atoms. The maximum Gasteiger partial charge on any atom is 0.262 e. The van der Waals surface area contributed by atoms with Gasteiger partial charge in [-0.2, -0.15) is 5.26 Å². The van der Waals surface area contributed by atoms with Crippen LogP contribution in [0.1, 0.15) is 24.1 Å². The number of hydrogen-bond donors (Lipinski definition) is 2. The minimum Gasteiger partial charge on any atom is -0.504 e. The normalized spacial score (nSPS) is 12.2. The lowest BCUT2D eigenvalue weighted by Gasteiger charge is -2.14. The van der Waals surface area contributed by atoms with Crippen molar-refractivity contribution in [1.29, 1.82) is 5.26 Å². The number of nitrogens with one attached hydrogen (secondary N) is 1. The summed E-state index contributed by atoms with van der Waals surface area (Å²) in [6.07, 6.45) is 1.47. The fourth-order valence-electron chi connectivity index (χ4n) is 2.25. The second-order valence-electron chi connectivity index (χ2n) is 5.33. The molecule has 0 aliphatic rings. The Kier molecular flexibility index (Phi) is 6.42. The van der Waals surface area contributed by atoms with Gasteiger partial charge in [0.25, 0.3) is 5.91 Å². The number of carbonyl (C=O) groups is 1. The van der Waals surface area contributed by atoms with Crippen molar-refractivity contribution in [1.82, 2.24) is 5.32 Å². The van der Waals surface area contributed by atoms with Gasteiger partial charge in [-0.25, -0.2) is 0 Å². The van der Waals surface area contributed by atoms with Gasteiger partial charge in [0.2, 0.25) is 0 Å². The lowest BCUT2D eigenvalue weighted by atomic mass is 10.1. The number of halogens is 1. The summed E-state index contributed by atoms with van der Waals surface area (Å²) in [4.78, 5) is 12.4. The molecule has 0 spiro atoms. The lowest BCUT2D eigenvalue weighted by molar-refractivity contribution is -0.117. The van der Waals surface area contributed by atoms with Crippen LogP contribution in [0.4, 0.5) is 0 Å². The molecule has 0 unspecified atom stereocenters. The molecule has 6 heteroatoms. The van der Waals surface area contributed by atoms with E-state index >= 15 is 0 Å². The summed E-state index contributed by atoms with van der Waals surface area (Å²) < 4.78 is 5.67. The summed E-state index contributed by atoms with van der Waals surface area (Å²) in [5.74, 6) is -0.143. The molecule has 0 aliphatic heterocycles. The number of nitriles is 1. The quantitative estimate of drug-likeness (QED) is 0.415. The fraction of sp³-hybridized carbons (Fsp3) is 0.158. The van der Waals surface area contributed by atoms with Gasteiger partial charge in [0.05, 0.1) is 16.7 Å². The van der Waals surface area contributed by atoms with E-state index in [0.717, 1.165) is 5.56 Å². The zero-order valence-corrected chi connectivity index (χ0v) is 15.9. The number of amides is 1. The summed E-state index contributed by atoms with van der Waals surface area (Å²) in [5, 5.41) is 22.0. The van der Waals surface area contributed by atoms with E-state index in [1.807, 2.05) is 65.9 Å². The Morgan fingerprint density at radius 3 is 2.64 bits per heavy atom. The number of ether oxygens (including phenoxy) is 1. The lowest BCUT2D eigenvalue weighted by Crippen LogP contribution is -2.27. The molecule has 0 saturated heterocycles. The summed E-state index contributed by atoms with van der Waals surface area (Å²) >= 11 is 1.96. The molecule has 0 fully saturated rings. The molecule has 0 saturated carbocycles. The summed E-state index contributed by atoms with van der Waals surface area (Å²) in [6, 6.07) is 14.4. The standard InChI is InChI=1S/C19H17IN2O3/c1-12(14-6-4-3-5-7-14)22-19(24)15(11-21)8-13-9-16(20)18(23)17(10-13)25-2/h3-10,12,23H,1-2H3,(H,22,24)/b15-8+/t12-/m0/s1. The van der Waals surface area contributed by atoms with Crippen molar-refractivity contribution in [3.63, 3.8) is 0 Å². The van der Waals surface area contributed by atoms with E-state index in [-0.39, 0.29) is 23.1 Å². The molecule has 0 radical (unpaired) electrons. The van der Waals surface area contributed by atoms with Gasteiger partial charge in [0, 0.05) is 0 Å². The smallest absolute Gasteiger partial charge is 0.262 e. The number of carbonyl (C=O) groups excluding carboxylic acids is 1. The van der Waals surface area contributed by atoms with Crippen LogP contribution >= 0.6 is 22.6 Å². The fourth-order valence-corrected chi connectivity index (χ4v) is 2.87. The van der Waals surface area contributed by atoms with Crippen LogP contribution in [0, 0.1) is 14.9 Å². The van der Waals surface area contributed by atoms with E-state index in [4.69, 9.17) is 4.74 Å². The zero-order valence-electron chi connectivity index (χ0n) is 13.8. The van der Waals surface area contributed by atoms with E-state index in [1.165, 1.54) is 13.2 Å². The molecule has 1 amide bonds. The van der Waals surface area contributed by atoms with Crippen LogP contribution in [-0.2, 0) is 4.79 Å². The van der Waals surface area contributed by atoms with Gasteiger partial charge in [0.15, 0.2) is 11.5 Å². The van der Waals surface area contributed by atoms with Gasteiger partial charge in [-0.1, -0.05) is 30.3 Å². The molecule has 2 aromatic carbocycles. The maximum atomic E-state index is 12.4. The molecule has 0 bridgehead atoms. The average Bonchev–Trinajstić information content (AvgIpc) is 2.62. The molecule has 2 N–H and O–H groups in total. The predicted octanol–water partition coefficient (Wildman–Crippen LogP) is 3.79. The highest BCUT2D eigenvalue weighted by Crippen LogP contribution is 2.33. The van der Waals surface area contributed by atoms with Crippen molar-refractivity contribution in [2.75, 3.05) is 7.11 Å². The molecule has 2 aromatic rings. The van der Waals surface area contributed by atoms with Crippen LogP contribution < -0.4 is 10.1 Å². The molecule has 0 aromatic heterocycles. The molecule has 1 atom stereocenters. The Bertz CT molecular complexity index is 842. The number of aromatic hydroxyl groups is 1. The van der Waals surface area contributed by atoms with E-state index in [2.05, 4.69) is 5.32 Å². The van der Waals surface area contributed by atoms with Gasteiger partial charge in [0.1, 0.15) is 11.6 Å². The topological polar surface area (TPSA) is 82.3 Å². The minimum absolute atomic E-state index is 0.0219. The molecule has 5 nitrogen and oxygen atoms in total. The number of rotatable bonds is 5. The van der Waals surface area contributed by atoms with E-state index < -0.39 is 5.91 Å². The first-order chi connectivity index (χ1) is 12.0. The third kappa shape index (κ3) is 4.73. The van der Waals surface area contributed by atoms with Gasteiger partial charge in [-0.15, -0.1) is 0 Å². The summed E-state index contributed by atoms with van der Waals surface area (Å²) in [6.45, 7) is 1.86. The van der Waals surface area contributed by atoms with Crippen molar-refractivity contribution < 1.29 is 14.6 Å². The highest BCUT2D eigenvalue weighted by Gasteiger charge is 2.15. The number of methoxy groups -OCH3 is 1. The van der Waals surface area contributed by atoms with Crippen molar-refractivity contribution >= 4 is 34.6 Å². The van der Waals surface area contributed by atoms with Crippen LogP contribution in [0.2, 0.25) is 0 Å². The Labute approximate surface area is 160 Å². The van der Waals surface area contributed by atoms with Crippen LogP contribution in [-0.4, -0.2) is 18.1 Å². The van der Waals surface area contributed by atoms with Gasteiger partial charge < -0.3 is 15.2 Å². The first kappa shape index (κ1) is 18.8. The monoisotopic (exact) mass is 448 g/mol. The molecule has 2 rings (SSSR count). The first-order valence-electron chi connectivity index (χ1n) is 7.50. The SMILES string of the molecule is COc1cc(/C=C(\C#N)C(=O)N[C@@H](C)c2ccccc2)cc(I)c1O. The molecule has 0 heterocycles. The second kappa shape index (κ2) is 8.53. The average molecular weight is 448 g/mol. The van der Waals surface area contributed by atoms with Crippen molar-refractivity contribution in [2.24, 2.45) is 0 Å². The maximum absolute atomic E-state index is 12.4. The van der Waals surface area contributed by atoms with Crippen molar-refractivity contribution in [3.8, 4) is 17.6 Å². The Balaban J connectivity index is 2.24. The number of phenolic OH excluding ortho intramolecular Hbond substituents is 1. The third-order valence-corrected chi connectivity index (χ3v) is 4.42. The number of hydrogen-bond acceptors (Lipinski definition) is 4. The number of benzene rings is 2. The van der Waals surface area contributed by atoms with Crippen LogP contribution in [0.25, 0.3) is 6.08 Å². The van der Waals surface area contributed by atoms with E-state index in [9.17, 15) is 15.2 Å². The Hall–Kier alpha value is -2.53. The highest BCUT2D eigenvalue weighted by molar-refractivity contribution is 14.1. The van der Waals surface area contributed by atoms with Crippen molar-refractivity contribution in [3.05, 3.63) is 62.7 Å². The third-order valence-electron chi connectivity index (χ3n) is 3.59. The molecule has 0 aliphatic carbocycles. The molecular formula is C19H17IN2O3. The van der Waals surface area contributed by atoms with Crippen LogP contribution in [0.5, 0.6) is 11.5 Å². The summed E-state index contributed by atoms with van der Waals surface area (Å²) in [7, 11) is 1.44. The Morgan fingerprint density at radius 2 is 2.04 bits per heavy atom. The minimum atomic E-state index is -0.457. The van der Waals surface area contributed by atoms with E-state index in [1.54, 1.807) is 12.1 Å². The zero-order chi connectivity index (χ0) is 18.4. The van der Waals surface area contributed by atoms with E-state index in [0.29, 0.717) is 9.13 Å². The molecular weight excluding hydrogens is 431 g/mol. The van der Waals surface area contributed by atoms with Crippen LogP contribution in [0.3, 0.4) is 0 Å². The second-order valence-corrected chi connectivity index (χ2v) is 6.49. The van der Waals surface area contributed by atoms with Gasteiger partial charge >= 0.3 is 0 Å². The first-order valence-corrected chi connectivity index (χ1v) is 8.58. The Morgan fingerprint density at radius 1 is 1.36 bits per heavy atom.